The molecule has 0 fully saturated rings. The van der Waals surface area contributed by atoms with Crippen molar-refractivity contribution in [3.8, 4) is 0 Å². The Labute approximate surface area is 426 Å². The number of hydrogen-bond acceptors (Lipinski definition) is 6. The van der Waals surface area contributed by atoms with E-state index in [4.69, 9.17) is 13.8 Å². The number of carbonyl (C=O) groups is 2. The highest BCUT2D eigenvalue weighted by Crippen LogP contribution is 2.43. The van der Waals surface area contributed by atoms with E-state index in [1.165, 1.54) is 122 Å². The van der Waals surface area contributed by atoms with Crippen LogP contribution in [0.4, 0.5) is 0 Å². The molecule has 0 aromatic rings. The molecular weight excluding hydrogens is 880 g/mol. The van der Waals surface area contributed by atoms with Gasteiger partial charge >= 0.3 is 13.8 Å². The Hall–Kier alpha value is -2.29. The molecule has 0 aromatic carbocycles. The van der Waals surface area contributed by atoms with Crippen LogP contribution in [0.1, 0.15) is 252 Å². The molecule has 1 amide bonds. The van der Waals surface area contributed by atoms with Gasteiger partial charge in [0.25, 0.3) is 0 Å². The van der Waals surface area contributed by atoms with Crippen LogP contribution in [0.15, 0.2) is 60.8 Å². The zero-order valence-electron chi connectivity index (χ0n) is 45.8. The molecule has 9 nitrogen and oxygen atoms in total. The standard InChI is InChI=1S/C59H109N2O7P/c1-7-10-13-16-19-22-25-28-30-33-36-39-42-45-48-51-58(62)60-56(55-67-69(64,65)66-54-53-61(4,5)6)57(50-47-44-41-38-35-32-27-24-21-18-15-12-9-3)68-59(63)52-49-46-43-40-37-34-31-29-26-23-20-17-14-11-8-2/h19-20,22-23,25-26,28-29,47,50,56-57H,7-18,21,24,27,30-46,48-49,51-55H2,1-6H3,(H-,60,62,64,65)/p+1/b22-19+,23-20+,28-25+,29-26+,50-47+. The van der Waals surface area contributed by atoms with Crippen molar-refractivity contribution in [3.05, 3.63) is 60.8 Å². The number of phosphoric acid groups is 1. The summed E-state index contributed by atoms with van der Waals surface area (Å²) in [6.45, 7) is 6.93. The maximum Gasteiger partial charge on any atom is 0.472 e. The van der Waals surface area contributed by atoms with Crippen LogP contribution in [-0.2, 0) is 27.9 Å². The third-order valence-corrected chi connectivity index (χ3v) is 13.5. The Bertz CT molecular complexity index is 1370. The molecule has 0 bridgehead atoms. The van der Waals surface area contributed by atoms with Crippen molar-refractivity contribution < 1.29 is 37.3 Å². The number of hydrogen-bond donors (Lipinski definition) is 2. The SMILES string of the molecule is CCCCC/C=C/C=C/CCCCCCCCC(=O)NC(COP(=O)(O)OCC[N+](C)(C)C)C(/C=C/CCCCCCCCCCCCC)OC(=O)CCCCCCCC/C=C/C=C/CCCCC. The molecule has 0 aromatic heterocycles. The molecule has 0 aliphatic heterocycles. The van der Waals surface area contributed by atoms with Gasteiger partial charge in [0.1, 0.15) is 19.3 Å². The van der Waals surface area contributed by atoms with Crippen molar-refractivity contribution in [2.24, 2.45) is 0 Å². The van der Waals surface area contributed by atoms with Crippen molar-refractivity contribution in [1.29, 1.82) is 0 Å². The lowest BCUT2D eigenvalue weighted by Crippen LogP contribution is -2.47. The fraction of sp³-hybridized carbons (Fsp3) is 0.797. The highest BCUT2D eigenvalue weighted by atomic mass is 31.2. The van der Waals surface area contributed by atoms with E-state index in [0.717, 1.165) is 96.3 Å². The van der Waals surface area contributed by atoms with E-state index in [9.17, 15) is 19.0 Å². The molecule has 0 spiro atoms. The van der Waals surface area contributed by atoms with Crippen molar-refractivity contribution in [3.63, 3.8) is 0 Å². The molecule has 0 saturated heterocycles. The molecule has 402 valence electrons. The quantitative estimate of drug-likeness (QED) is 0.0156. The Balaban J connectivity index is 5.42. The summed E-state index contributed by atoms with van der Waals surface area (Å²) in [6.07, 6.45) is 60.6. The topological polar surface area (TPSA) is 111 Å². The maximum absolute atomic E-state index is 13.5. The first-order valence-electron chi connectivity index (χ1n) is 28.6. The summed E-state index contributed by atoms with van der Waals surface area (Å²) in [5.41, 5.74) is 0. The number of quaternary nitrogens is 1. The number of carbonyl (C=O) groups excluding carboxylic acids is 2. The molecule has 69 heavy (non-hydrogen) atoms. The number of rotatable bonds is 51. The van der Waals surface area contributed by atoms with Crippen molar-refractivity contribution in [2.75, 3.05) is 40.9 Å². The van der Waals surface area contributed by atoms with E-state index < -0.39 is 20.0 Å². The van der Waals surface area contributed by atoms with E-state index in [2.05, 4.69) is 74.7 Å². The number of allylic oxidation sites excluding steroid dienone is 9. The van der Waals surface area contributed by atoms with Gasteiger partial charge < -0.3 is 19.4 Å². The van der Waals surface area contributed by atoms with Crippen LogP contribution >= 0.6 is 7.82 Å². The van der Waals surface area contributed by atoms with E-state index in [-0.39, 0.29) is 31.5 Å². The van der Waals surface area contributed by atoms with E-state index in [1.54, 1.807) is 0 Å². The summed E-state index contributed by atoms with van der Waals surface area (Å²) in [4.78, 5) is 37.6. The number of esters is 1. The number of ether oxygens (including phenoxy) is 1. The van der Waals surface area contributed by atoms with Crippen molar-refractivity contribution >= 4 is 19.7 Å². The molecule has 0 radical (unpaired) electrons. The largest absolute Gasteiger partial charge is 0.472 e. The summed E-state index contributed by atoms with van der Waals surface area (Å²) in [5, 5.41) is 3.04. The average molecular weight is 991 g/mol. The van der Waals surface area contributed by atoms with Crippen LogP contribution in [0.25, 0.3) is 0 Å². The van der Waals surface area contributed by atoms with Gasteiger partial charge in [-0.25, -0.2) is 4.57 Å². The zero-order valence-corrected chi connectivity index (χ0v) is 46.7. The first-order valence-corrected chi connectivity index (χ1v) is 30.1. The minimum atomic E-state index is -4.45. The highest BCUT2D eigenvalue weighted by Gasteiger charge is 2.30. The van der Waals surface area contributed by atoms with Crippen LogP contribution in [-0.4, -0.2) is 74.3 Å². The molecule has 0 aliphatic rings. The van der Waals surface area contributed by atoms with Gasteiger partial charge in [-0.3, -0.25) is 18.6 Å². The second-order valence-electron chi connectivity index (χ2n) is 20.5. The molecule has 3 unspecified atom stereocenters. The Morgan fingerprint density at radius 3 is 1.30 bits per heavy atom. The summed E-state index contributed by atoms with van der Waals surface area (Å²) in [5.74, 6) is -0.531. The van der Waals surface area contributed by atoms with E-state index in [0.29, 0.717) is 17.4 Å². The first-order chi connectivity index (χ1) is 33.4. The minimum absolute atomic E-state index is 0.0344. The molecule has 0 heterocycles. The van der Waals surface area contributed by atoms with Gasteiger partial charge in [-0.2, -0.15) is 0 Å². The Kier molecular flexibility index (Phi) is 47.7. The van der Waals surface area contributed by atoms with Crippen LogP contribution in [0, 0.1) is 0 Å². The van der Waals surface area contributed by atoms with Gasteiger partial charge in [-0.15, -0.1) is 0 Å². The first kappa shape index (κ1) is 66.7. The number of nitrogens with zero attached hydrogens (tertiary/aromatic N) is 1. The van der Waals surface area contributed by atoms with E-state index in [1.807, 2.05) is 33.3 Å². The Morgan fingerprint density at radius 2 is 0.870 bits per heavy atom. The lowest BCUT2D eigenvalue weighted by molar-refractivity contribution is -0.870. The molecule has 0 rings (SSSR count). The van der Waals surface area contributed by atoms with Gasteiger partial charge in [0, 0.05) is 12.8 Å². The summed E-state index contributed by atoms with van der Waals surface area (Å²) in [6, 6.07) is -0.859. The fourth-order valence-corrected chi connectivity index (χ4v) is 8.72. The molecule has 2 N–H and O–H groups in total. The average Bonchev–Trinajstić information content (AvgIpc) is 3.31. The zero-order chi connectivity index (χ0) is 50.8. The smallest absolute Gasteiger partial charge is 0.456 e. The van der Waals surface area contributed by atoms with E-state index >= 15 is 0 Å². The number of likely N-dealkylation sites (N-methyl/N-ethyl adjacent to an activating group) is 1. The van der Waals surface area contributed by atoms with Crippen LogP contribution in [0.5, 0.6) is 0 Å². The van der Waals surface area contributed by atoms with Gasteiger partial charge in [0.15, 0.2) is 0 Å². The van der Waals surface area contributed by atoms with Gasteiger partial charge in [-0.05, 0) is 83.1 Å². The van der Waals surface area contributed by atoms with Crippen LogP contribution < -0.4 is 5.32 Å². The van der Waals surface area contributed by atoms with Gasteiger partial charge in [0.05, 0.1) is 33.8 Å². The van der Waals surface area contributed by atoms with Crippen molar-refractivity contribution in [2.45, 2.75) is 264 Å². The van der Waals surface area contributed by atoms with Crippen LogP contribution in [0.3, 0.4) is 0 Å². The monoisotopic (exact) mass is 990 g/mol. The second kappa shape index (κ2) is 49.3. The normalized spacial score (nSPS) is 14.2. The minimum Gasteiger partial charge on any atom is -0.456 e. The van der Waals surface area contributed by atoms with Crippen molar-refractivity contribution in [1.82, 2.24) is 5.32 Å². The number of unbranched alkanes of at least 4 members (excludes halogenated alkanes) is 29. The fourth-order valence-electron chi connectivity index (χ4n) is 7.98. The predicted octanol–water partition coefficient (Wildman–Crippen LogP) is 17.1. The maximum atomic E-state index is 13.5. The predicted molar refractivity (Wildman–Crippen MR) is 295 cm³/mol. The molecule has 0 saturated carbocycles. The number of amides is 1. The highest BCUT2D eigenvalue weighted by molar-refractivity contribution is 7.47. The number of nitrogens with one attached hydrogen (secondary N) is 1. The van der Waals surface area contributed by atoms with Crippen LogP contribution in [0.2, 0.25) is 0 Å². The second-order valence-corrected chi connectivity index (χ2v) is 22.0. The summed E-state index contributed by atoms with van der Waals surface area (Å²) >= 11 is 0. The third-order valence-electron chi connectivity index (χ3n) is 12.5. The molecule has 0 aliphatic carbocycles. The summed E-state index contributed by atoms with van der Waals surface area (Å²) in [7, 11) is 1.48. The lowest BCUT2D eigenvalue weighted by Gasteiger charge is -2.27. The van der Waals surface area contributed by atoms with Gasteiger partial charge in [0.2, 0.25) is 5.91 Å². The Morgan fingerprint density at radius 1 is 0.507 bits per heavy atom. The lowest BCUT2D eigenvalue weighted by atomic mass is 10.0. The molecule has 10 heteroatoms. The molecular formula is C59H110N2O7P+. The summed E-state index contributed by atoms with van der Waals surface area (Å²) < 4.78 is 30.6. The van der Waals surface area contributed by atoms with Gasteiger partial charge in [-0.1, -0.05) is 217 Å². The molecule has 3 atom stereocenters. The third kappa shape index (κ3) is 50.4. The number of phosphoric ester groups is 1.